The number of hydrogen-bond acceptors (Lipinski definition) is 4. The summed E-state index contributed by atoms with van der Waals surface area (Å²) in [5, 5.41) is 18.8. The van der Waals surface area contributed by atoms with Gasteiger partial charge >= 0.3 is 5.97 Å². The number of sulfonamides is 1. The van der Waals surface area contributed by atoms with Gasteiger partial charge in [-0.05, 0) is 49.4 Å². The van der Waals surface area contributed by atoms with Crippen molar-refractivity contribution in [3.8, 4) is 0 Å². The molecule has 3 N–H and O–H groups in total. The summed E-state index contributed by atoms with van der Waals surface area (Å²) in [6, 6.07) is 3.93. The molecule has 22 heavy (non-hydrogen) atoms. The highest BCUT2D eigenvalue weighted by Gasteiger charge is 2.25. The van der Waals surface area contributed by atoms with Crippen LogP contribution in [0.2, 0.25) is 0 Å². The van der Waals surface area contributed by atoms with E-state index in [1.165, 1.54) is 18.2 Å². The van der Waals surface area contributed by atoms with Gasteiger partial charge < -0.3 is 10.2 Å². The molecular weight excluding hydrogens is 306 g/mol. The van der Waals surface area contributed by atoms with Gasteiger partial charge in [0.1, 0.15) is 0 Å². The number of carbonyl (C=O) groups is 1. The smallest absolute Gasteiger partial charge is 0.335 e. The number of aliphatic hydroxyl groups excluding tert-OH is 1. The van der Waals surface area contributed by atoms with Crippen LogP contribution in [-0.2, 0) is 10.0 Å². The van der Waals surface area contributed by atoms with Crippen molar-refractivity contribution >= 4 is 16.0 Å². The minimum atomic E-state index is -3.70. The molecule has 0 aliphatic heterocycles. The summed E-state index contributed by atoms with van der Waals surface area (Å²) < 4.78 is 27.1. The van der Waals surface area contributed by atoms with Gasteiger partial charge in [0.15, 0.2) is 0 Å². The molecule has 2 atom stereocenters. The lowest BCUT2D eigenvalue weighted by atomic mass is 9.87. The van der Waals surface area contributed by atoms with Crippen molar-refractivity contribution in [1.82, 2.24) is 4.72 Å². The molecule has 1 fully saturated rings. The zero-order valence-electron chi connectivity index (χ0n) is 12.4. The van der Waals surface area contributed by atoms with Gasteiger partial charge in [0, 0.05) is 6.54 Å². The van der Waals surface area contributed by atoms with Gasteiger partial charge in [-0.2, -0.15) is 0 Å². The highest BCUT2D eigenvalue weighted by molar-refractivity contribution is 7.89. The van der Waals surface area contributed by atoms with Crippen LogP contribution in [0.3, 0.4) is 0 Å². The largest absolute Gasteiger partial charge is 0.478 e. The molecule has 0 spiro atoms. The van der Waals surface area contributed by atoms with Crippen molar-refractivity contribution in [2.24, 2.45) is 5.92 Å². The third kappa shape index (κ3) is 3.85. The average Bonchev–Trinajstić information content (AvgIpc) is 2.46. The summed E-state index contributed by atoms with van der Waals surface area (Å²) >= 11 is 0. The van der Waals surface area contributed by atoms with Crippen molar-refractivity contribution in [3.63, 3.8) is 0 Å². The normalized spacial score (nSPS) is 22.5. The van der Waals surface area contributed by atoms with Crippen molar-refractivity contribution in [2.75, 3.05) is 6.54 Å². The Morgan fingerprint density at radius 3 is 2.59 bits per heavy atom. The maximum atomic E-state index is 12.3. The van der Waals surface area contributed by atoms with E-state index in [4.69, 9.17) is 5.11 Å². The van der Waals surface area contributed by atoms with Gasteiger partial charge in [-0.1, -0.05) is 12.8 Å². The molecule has 0 radical (unpaired) electrons. The molecule has 1 aliphatic carbocycles. The molecule has 1 saturated carbocycles. The lowest BCUT2D eigenvalue weighted by Gasteiger charge is -2.27. The summed E-state index contributed by atoms with van der Waals surface area (Å²) in [6.45, 7) is 1.76. The molecule has 122 valence electrons. The van der Waals surface area contributed by atoms with Crippen LogP contribution in [0.5, 0.6) is 0 Å². The highest BCUT2D eigenvalue weighted by atomic mass is 32.2. The molecule has 1 aromatic rings. The van der Waals surface area contributed by atoms with E-state index in [0.29, 0.717) is 12.0 Å². The van der Waals surface area contributed by atoms with Crippen LogP contribution in [-0.4, -0.2) is 37.2 Å². The standard InChI is InChI=1S/C15H21NO5S/c1-10-8-12(6-7-13(10)15(18)19)22(20,21)16-9-11-4-2-3-5-14(11)17/h6-8,11,14,16-17H,2-5,9H2,1H3,(H,18,19). The van der Waals surface area contributed by atoms with E-state index in [9.17, 15) is 18.3 Å². The third-order valence-corrected chi connectivity index (χ3v) is 5.56. The maximum absolute atomic E-state index is 12.3. The van der Waals surface area contributed by atoms with Crippen LogP contribution in [0.1, 0.15) is 41.6 Å². The van der Waals surface area contributed by atoms with Crippen molar-refractivity contribution in [2.45, 2.75) is 43.6 Å². The first-order valence-electron chi connectivity index (χ1n) is 7.33. The SMILES string of the molecule is Cc1cc(S(=O)(=O)NCC2CCCCC2O)ccc1C(=O)O. The lowest BCUT2D eigenvalue weighted by Crippen LogP contribution is -2.36. The van der Waals surface area contributed by atoms with Crippen LogP contribution in [0.4, 0.5) is 0 Å². The van der Waals surface area contributed by atoms with Gasteiger partial charge in [0.05, 0.1) is 16.6 Å². The molecule has 7 heteroatoms. The van der Waals surface area contributed by atoms with E-state index < -0.39 is 22.1 Å². The number of carboxylic acids is 1. The second-order valence-corrected chi connectivity index (χ2v) is 7.51. The molecule has 0 bridgehead atoms. The molecule has 2 unspecified atom stereocenters. The van der Waals surface area contributed by atoms with Gasteiger partial charge in [-0.25, -0.2) is 17.9 Å². The number of rotatable bonds is 5. The molecule has 6 nitrogen and oxygen atoms in total. The Morgan fingerprint density at radius 1 is 1.32 bits per heavy atom. The second-order valence-electron chi connectivity index (χ2n) is 5.75. The number of carboxylic acid groups (broad SMARTS) is 1. The van der Waals surface area contributed by atoms with Crippen LogP contribution in [0, 0.1) is 12.8 Å². The Kier molecular flexibility index (Phi) is 5.20. The van der Waals surface area contributed by atoms with Crippen LogP contribution < -0.4 is 4.72 Å². The fourth-order valence-electron chi connectivity index (χ4n) is 2.77. The van der Waals surface area contributed by atoms with E-state index in [0.717, 1.165) is 19.3 Å². The van der Waals surface area contributed by atoms with E-state index in [1.54, 1.807) is 6.92 Å². The molecule has 0 heterocycles. The Bertz CT molecular complexity index is 656. The second kappa shape index (κ2) is 6.76. The van der Waals surface area contributed by atoms with Crippen molar-refractivity contribution in [3.05, 3.63) is 29.3 Å². The quantitative estimate of drug-likeness (QED) is 0.761. The number of benzene rings is 1. The fraction of sp³-hybridized carbons (Fsp3) is 0.533. The first-order valence-corrected chi connectivity index (χ1v) is 8.81. The van der Waals surface area contributed by atoms with Gasteiger partial charge in [0.2, 0.25) is 10.0 Å². The van der Waals surface area contributed by atoms with Crippen molar-refractivity contribution in [1.29, 1.82) is 0 Å². The maximum Gasteiger partial charge on any atom is 0.335 e. The average molecular weight is 327 g/mol. The lowest BCUT2D eigenvalue weighted by molar-refractivity contribution is 0.0695. The Labute approximate surface area is 130 Å². The summed E-state index contributed by atoms with van der Waals surface area (Å²) in [5.74, 6) is -1.15. The first-order chi connectivity index (χ1) is 10.3. The monoisotopic (exact) mass is 327 g/mol. The van der Waals surface area contributed by atoms with Crippen LogP contribution in [0.15, 0.2) is 23.1 Å². The number of aromatic carboxylic acids is 1. The van der Waals surface area contributed by atoms with Gasteiger partial charge in [-0.3, -0.25) is 0 Å². The zero-order chi connectivity index (χ0) is 16.3. The van der Waals surface area contributed by atoms with Gasteiger partial charge in [-0.15, -0.1) is 0 Å². The van der Waals surface area contributed by atoms with Crippen LogP contribution in [0.25, 0.3) is 0 Å². The van der Waals surface area contributed by atoms with E-state index in [-0.39, 0.29) is 22.9 Å². The molecule has 1 aromatic carbocycles. The highest BCUT2D eigenvalue weighted by Crippen LogP contribution is 2.24. The number of aliphatic hydroxyl groups is 1. The summed E-state index contributed by atoms with van der Waals surface area (Å²) in [4.78, 5) is 11.0. The summed E-state index contributed by atoms with van der Waals surface area (Å²) in [5.41, 5.74) is 0.481. The first kappa shape index (κ1) is 16.9. The predicted octanol–water partition coefficient (Wildman–Crippen LogP) is 1.52. The number of nitrogens with one attached hydrogen (secondary N) is 1. The van der Waals surface area contributed by atoms with E-state index in [2.05, 4.69) is 4.72 Å². The predicted molar refractivity (Wildman–Crippen MR) is 81.3 cm³/mol. The Hall–Kier alpha value is -1.44. The minimum Gasteiger partial charge on any atom is -0.478 e. The molecule has 0 aromatic heterocycles. The third-order valence-electron chi connectivity index (χ3n) is 4.14. The fourth-order valence-corrected chi connectivity index (χ4v) is 3.95. The van der Waals surface area contributed by atoms with E-state index >= 15 is 0 Å². The summed E-state index contributed by atoms with van der Waals surface area (Å²) in [6.07, 6.45) is 3.02. The number of aryl methyl sites for hydroxylation is 1. The van der Waals surface area contributed by atoms with E-state index in [1.807, 2.05) is 0 Å². The molecule has 2 rings (SSSR count). The molecule has 1 aliphatic rings. The molecule has 0 amide bonds. The summed E-state index contributed by atoms with van der Waals surface area (Å²) in [7, 11) is -3.70. The molecule has 0 saturated heterocycles. The molecular formula is C15H21NO5S. The Morgan fingerprint density at radius 2 is 2.00 bits per heavy atom. The zero-order valence-corrected chi connectivity index (χ0v) is 13.3. The van der Waals surface area contributed by atoms with Gasteiger partial charge in [0.25, 0.3) is 0 Å². The topological polar surface area (TPSA) is 104 Å². The minimum absolute atomic E-state index is 0.0419. The number of hydrogen-bond donors (Lipinski definition) is 3. The van der Waals surface area contributed by atoms with Crippen LogP contribution >= 0.6 is 0 Å². The Balaban J connectivity index is 2.10. The van der Waals surface area contributed by atoms with Crippen molar-refractivity contribution < 1.29 is 23.4 Å².